The average Bonchev–Trinajstić information content (AvgIpc) is 2.49. The van der Waals surface area contributed by atoms with Crippen LogP contribution in [0, 0.1) is 10.1 Å². The molecule has 1 N–H and O–H groups in total. The van der Waals surface area contributed by atoms with Crippen LogP contribution in [0.5, 0.6) is 0 Å². The fraction of sp³-hybridized carbons (Fsp3) is 0. The molecule has 20 heavy (non-hydrogen) atoms. The van der Waals surface area contributed by atoms with Gasteiger partial charge in [-0.15, -0.1) is 0 Å². The van der Waals surface area contributed by atoms with Crippen molar-refractivity contribution in [3.05, 3.63) is 70.3 Å². The fourth-order valence-electron chi connectivity index (χ4n) is 1.55. The van der Waals surface area contributed by atoms with Crippen LogP contribution in [0.3, 0.4) is 0 Å². The molecular formula is C14H11N3O3. The quantitative estimate of drug-likeness (QED) is 0.391. The first-order valence-electron chi connectivity index (χ1n) is 5.79. The zero-order valence-electron chi connectivity index (χ0n) is 10.4. The molecule has 6 heteroatoms. The van der Waals surface area contributed by atoms with Gasteiger partial charge in [0, 0.05) is 17.7 Å². The summed E-state index contributed by atoms with van der Waals surface area (Å²) in [6.07, 6.45) is 0.647. The molecular weight excluding hydrogens is 258 g/mol. The zero-order valence-corrected chi connectivity index (χ0v) is 10.4. The van der Waals surface area contributed by atoms with Crippen LogP contribution in [-0.2, 0) is 4.79 Å². The Balaban J connectivity index is 2.15. The zero-order chi connectivity index (χ0) is 14.4. The van der Waals surface area contributed by atoms with Crippen LogP contribution in [0.1, 0.15) is 5.56 Å². The number of hydrazone groups is 1. The number of anilines is 1. The molecule has 6 nitrogen and oxygen atoms in total. The lowest BCUT2D eigenvalue weighted by Gasteiger charge is -2.02. The summed E-state index contributed by atoms with van der Waals surface area (Å²) in [6, 6.07) is 14.8. The number of non-ortho nitro benzene ring substituents is 1. The summed E-state index contributed by atoms with van der Waals surface area (Å²) in [5, 5.41) is 14.5. The van der Waals surface area contributed by atoms with E-state index in [-0.39, 0.29) is 11.4 Å². The minimum Gasteiger partial charge on any atom is -0.296 e. The Kier molecular flexibility index (Phi) is 4.18. The molecule has 0 saturated carbocycles. The summed E-state index contributed by atoms with van der Waals surface area (Å²) >= 11 is 0. The van der Waals surface area contributed by atoms with Crippen molar-refractivity contribution in [3.63, 3.8) is 0 Å². The molecule has 0 aliphatic rings. The van der Waals surface area contributed by atoms with Crippen molar-refractivity contribution >= 4 is 23.4 Å². The van der Waals surface area contributed by atoms with E-state index in [0.717, 1.165) is 0 Å². The van der Waals surface area contributed by atoms with Crippen molar-refractivity contribution in [2.45, 2.75) is 0 Å². The van der Waals surface area contributed by atoms with Gasteiger partial charge in [0.1, 0.15) is 5.71 Å². The molecule has 100 valence electrons. The molecule has 0 unspecified atom stereocenters. The number of aldehydes is 1. The summed E-state index contributed by atoms with van der Waals surface area (Å²) in [6.45, 7) is 0. The Morgan fingerprint density at radius 3 is 2.30 bits per heavy atom. The van der Waals surface area contributed by atoms with E-state index in [1.54, 1.807) is 24.3 Å². The summed E-state index contributed by atoms with van der Waals surface area (Å²) in [7, 11) is 0. The van der Waals surface area contributed by atoms with Crippen LogP contribution in [0.4, 0.5) is 11.4 Å². The fourth-order valence-corrected chi connectivity index (χ4v) is 1.55. The normalized spacial score (nSPS) is 10.9. The van der Waals surface area contributed by atoms with Crippen molar-refractivity contribution in [1.29, 1.82) is 0 Å². The Hall–Kier alpha value is -3.02. The van der Waals surface area contributed by atoms with E-state index >= 15 is 0 Å². The molecule has 0 radical (unpaired) electrons. The van der Waals surface area contributed by atoms with E-state index in [2.05, 4.69) is 10.5 Å². The first-order valence-corrected chi connectivity index (χ1v) is 5.79. The number of benzene rings is 2. The number of nitro benzene ring substituents is 1. The number of nitrogens with one attached hydrogen (secondary N) is 1. The van der Waals surface area contributed by atoms with Gasteiger partial charge in [0.2, 0.25) is 0 Å². The third-order valence-electron chi connectivity index (χ3n) is 2.56. The molecule has 0 atom stereocenters. The summed E-state index contributed by atoms with van der Waals surface area (Å²) in [4.78, 5) is 21.1. The number of hydrogen-bond donors (Lipinski definition) is 1. The maximum atomic E-state index is 11.0. The van der Waals surface area contributed by atoms with Crippen molar-refractivity contribution in [1.82, 2.24) is 0 Å². The Morgan fingerprint density at radius 2 is 1.75 bits per heavy atom. The van der Waals surface area contributed by atoms with Crippen LogP contribution in [-0.4, -0.2) is 16.9 Å². The van der Waals surface area contributed by atoms with E-state index in [9.17, 15) is 14.9 Å². The van der Waals surface area contributed by atoms with Crippen LogP contribution in [0.25, 0.3) is 0 Å². The van der Waals surface area contributed by atoms with Gasteiger partial charge in [-0.2, -0.15) is 5.10 Å². The molecule has 0 bridgehead atoms. The summed E-state index contributed by atoms with van der Waals surface area (Å²) < 4.78 is 0. The first-order chi connectivity index (χ1) is 9.70. The van der Waals surface area contributed by atoms with Gasteiger partial charge in [-0.05, 0) is 12.1 Å². The summed E-state index contributed by atoms with van der Waals surface area (Å²) in [5.74, 6) is 0. The molecule has 2 aromatic carbocycles. The maximum absolute atomic E-state index is 11.0. The van der Waals surface area contributed by atoms with Crippen LogP contribution in [0.15, 0.2) is 59.7 Å². The lowest BCUT2D eigenvalue weighted by molar-refractivity contribution is -0.384. The van der Waals surface area contributed by atoms with E-state index in [4.69, 9.17) is 0 Å². The lowest BCUT2D eigenvalue weighted by atomic mass is 10.1. The molecule has 0 heterocycles. The van der Waals surface area contributed by atoms with Gasteiger partial charge < -0.3 is 0 Å². The average molecular weight is 269 g/mol. The summed E-state index contributed by atoms with van der Waals surface area (Å²) in [5.41, 5.74) is 4.20. The van der Waals surface area contributed by atoms with Gasteiger partial charge in [0.05, 0.1) is 10.6 Å². The third kappa shape index (κ3) is 3.26. The number of nitrogens with zero attached hydrogens (tertiary/aromatic N) is 2. The molecule has 0 aromatic heterocycles. The van der Waals surface area contributed by atoms with Gasteiger partial charge in [-0.3, -0.25) is 20.3 Å². The van der Waals surface area contributed by atoms with Crippen LogP contribution >= 0.6 is 0 Å². The predicted octanol–water partition coefficient (Wildman–Crippen LogP) is 2.61. The van der Waals surface area contributed by atoms with Gasteiger partial charge in [0.25, 0.3) is 5.69 Å². The second kappa shape index (κ2) is 6.24. The predicted molar refractivity (Wildman–Crippen MR) is 75.8 cm³/mol. The smallest absolute Gasteiger partial charge is 0.269 e. The number of carbonyl (C=O) groups is 1. The highest BCUT2D eigenvalue weighted by Gasteiger charge is 2.04. The lowest BCUT2D eigenvalue weighted by Crippen LogP contribution is -2.05. The largest absolute Gasteiger partial charge is 0.296 e. The molecule has 0 spiro atoms. The standard InChI is InChI=1S/C14H11N3O3/c18-10-14(11-4-2-1-3-5-11)16-15-12-6-8-13(9-7-12)17(19)20/h1-10,15H/b16-14+. The monoisotopic (exact) mass is 269 g/mol. The van der Waals surface area contributed by atoms with Gasteiger partial charge in [-0.25, -0.2) is 0 Å². The van der Waals surface area contributed by atoms with Crippen molar-refractivity contribution in [3.8, 4) is 0 Å². The van der Waals surface area contributed by atoms with Gasteiger partial charge >= 0.3 is 0 Å². The van der Waals surface area contributed by atoms with Crippen molar-refractivity contribution < 1.29 is 9.72 Å². The highest BCUT2D eigenvalue weighted by Crippen LogP contribution is 2.15. The van der Waals surface area contributed by atoms with E-state index < -0.39 is 4.92 Å². The van der Waals surface area contributed by atoms with Crippen molar-refractivity contribution in [2.24, 2.45) is 5.10 Å². The number of hydrogen-bond acceptors (Lipinski definition) is 5. The van der Waals surface area contributed by atoms with Crippen molar-refractivity contribution in [2.75, 3.05) is 5.43 Å². The Labute approximate surface area is 114 Å². The molecule has 0 saturated heterocycles. The highest BCUT2D eigenvalue weighted by molar-refractivity contribution is 6.36. The number of carbonyl (C=O) groups excluding carboxylic acids is 1. The number of nitro groups is 1. The van der Waals surface area contributed by atoms with Crippen LogP contribution < -0.4 is 5.43 Å². The van der Waals surface area contributed by atoms with E-state index in [0.29, 0.717) is 17.5 Å². The van der Waals surface area contributed by atoms with E-state index in [1.807, 2.05) is 6.07 Å². The van der Waals surface area contributed by atoms with Crippen LogP contribution in [0.2, 0.25) is 0 Å². The second-order valence-electron chi connectivity index (χ2n) is 3.90. The SMILES string of the molecule is O=C/C(=N\Nc1ccc([N+](=O)[O-])cc1)c1ccccc1. The van der Waals surface area contributed by atoms with Gasteiger partial charge in [-0.1, -0.05) is 30.3 Å². The molecule has 2 rings (SSSR count). The highest BCUT2D eigenvalue weighted by atomic mass is 16.6. The third-order valence-corrected chi connectivity index (χ3v) is 2.56. The maximum Gasteiger partial charge on any atom is 0.269 e. The van der Waals surface area contributed by atoms with Gasteiger partial charge in [0.15, 0.2) is 6.29 Å². The number of rotatable bonds is 5. The molecule has 0 fully saturated rings. The molecule has 0 aliphatic heterocycles. The topological polar surface area (TPSA) is 84.6 Å². The Morgan fingerprint density at radius 1 is 1.10 bits per heavy atom. The molecule has 0 amide bonds. The molecule has 2 aromatic rings. The Bertz CT molecular complexity index is 636. The minimum atomic E-state index is -0.478. The van der Waals surface area contributed by atoms with E-state index in [1.165, 1.54) is 24.3 Å². The first kappa shape index (κ1) is 13.4. The second-order valence-corrected chi connectivity index (χ2v) is 3.90. The molecule has 0 aliphatic carbocycles. The minimum absolute atomic E-state index is 0.00167.